The molecule has 0 atom stereocenters. The lowest BCUT2D eigenvalue weighted by Crippen LogP contribution is -2.41. The van der Waals surface area contributed by atoms with Crippen LogP contribution in [0.4, 0.5) is 0 Å². The highest BCUT2D eigenvalue weighted by atomic mass is 16.5. The molecule has 0 aliphatic carbocycles. The van der Waals surface area contributed by atoms with Gasteiger partial charge in [-0.2, -0.15) is 0 Å². The van der Waals surface area contributed by atoms with E-state index in [1.54, 1.807) is 12.0 Å². The Labute approximate surface area is 106 Å². The van der Waals surface area contributed by atoms with Crippen LogP contribution >= 0.6 is 0 Å². The third kappa shape index (κ3) is 2.80. The van der Waals surface area contributed by atoms with Gasteiger partial charge in [0.15, 0.2) is 0 Å². The van der Waals surface area contributed by atoms with E-state index in [4.69, 9.17) is 15.2 Å². The normalized spacial score (nSPS) is 15.9. The van der Waals surface area contributed by atoms with Gasteiger partial charge in [0, 0.05) is 25.2 Å². The number of hydrogen-bond donors (Lipinski definition) is 1. The summed E-state index contributed by atoms with van der Waals surface area (Å²) in [7, 11) is 1.63. The van der Waals surface area contributed by atoms with Crippen molar-refractivity contribution < 1.29 is 14.3 Å². The fourth-order valence-corrected chi connectivity index (χ4v) is 2.01. The number of benzene rings is 1. The van der Waals surface area contributed by atoms with Crippen molar-refractivity contribution in [1.29, 1.82) is 0 Å². The lowest BCUT2D eigenvalue weighted by Gasteiger charge is -2.27. The Kier molecular flexibility index (Phi) is 4.17. The van der Waals surface area contributed by atoms with Crippen molar-refractivity contribution in [2.75, 3.05) is 26.9 Å². The summed E-state index contributed by atoms with van der Waals surface area (Å²) in [5, 5.41) is 0. The van der Waals surface area contributed by atoms with Crippen LogP contribution in [0.3, 0.4) is 0 Å². The monoisotopic (exact) mass is 250 g/mol. The summed E-state index contributed by atoms with van der Waals surface area (Å²) in [4.78, 5) is 13.5. The molecule has 2 N–H and O–H groups in total. The summed E-state index contributed by atoms with van der Waals surface area (Å²) in [5.74, 6) is 0.799. The van der Waals surface area contributed by atoms with Gasteiger partial charge in [-0.05, 0) is 17.7 Å². The molecule has 1 aliphatic rings. The number of methoxy groups -OCH3 is 1. The molecule has 1 aromatic rings. The van der Waals surface area contributed by atoms with Crippen LogP contribution in [0.15, 0.2) is 18.2 Å². The van der Waals surface area contributed by atoms with Gasteiger partial charge in [-0.1, -0.05) is 6.07 Å². The minimum Gasteiger partial charge on any atom is -0.496 e. The van der Waals surface area contributed by atoms with Gasteiger partial charge in [-0.3, -0.25) is 4.79 Å². The van der Waals surface area contributed by atoms with Crippen LogP contribution < -0.4 is 10.5 Å². The molecule has 1 saturated heterocycles. The van der Waals surface area contributed by atoms with E-state index in [0.717, 1.165) is 16.9 Å². The molecule has 1 aliphatic heterocycles. The van der Waals surface area contributed by atoms with Gasteiger partial charge in [0.2, 0.25) is 5.91 Å². The van der Waals surface area contributed by atoms with E-state index < -0.39 is 0 Å². The number of morpholine rings is 1. The third-order valence-corrected chi connectivity index (χ3v) is 3.03. The highest BCUT2D eigenvalue weighted by Gasteiger charge is 2.20. The van der Waals surface area contributed by atoms with E-state index in [1.165, 1.54) is 0 Å². The fourth-order valence-electron chi connectivity index (χ4n) is 2.01. The van der Waals surface area contributed by atoms with Crippen LogP contribution in [-0.4, -0.2) is 37.7 Å². The molecule has 18 heavy (non-hydrogen) atoms. The van der Waals surface area contributed by atoms with Crippen LogP contribution in [0.5, 0.6) is 5.75 Å². The van der Waals surface area contributed by atoms with Crippen molar-refractivity contribution in [2.45, 2.75) is 13.1 Å². The summed E-state index contributed by atoms with van der Waals surface area (Å²) in [6, 6.07) is 5.81. The second-order valence-corrected chi connectivity index (χ2v) is 4.22. The summed E-state index contributed by atoms with van der Waals surface area (Å²) in [5.41, 5.74) is 7.65. The number of nitrogens with zero attached hydrogens (tertiary/aromatic N) is 1. The van der Waals surface area contributed by atoms with E-state index in [2.05, 4.69) is 0 Å². The van der Waals surface area contributed by atoms with Gasteiger partial charge < -0.3 is 20.1 Å². The molecule has 2 rings (SSSR count). The Bertz CT molecular complexity index is 434. The Morgan fingerprint density at radius 2 is 2.33 bits per heavy atom. The summed E-state index contributed by atoms with van der Waals surface area (Å²) >= 11 is 0. The molecule has 1 fully saturated rings. The molecule has 1 amide bonds. The average molecular weight is 250 g/mol. The number of amides is 1. The summed E-state index contributed by atoms with van der Waals surface area (Å²) in [6.07, 6.45) is 0. The van der Waals surface area contributed by atoms with E-state index >= 15 is 0 Å². The van der Waals surface area contributed by atoms with Crippen molar-refractivity contribution in [1.82, 2.24) is 4.90 Å². The fraction of sp³-hybridized carbons (Fsp3) is 0.462. The predicted octanol–water partition coefficient (Wildman–Crippen LogP) is 0.513. The number of ether oxygens (including phenoxy) is 2. The standard InChI is InChI=1S/C13H18N2O3/c1-17-12-3-2-10(7-14)6-11(12)8-15-4-5-18-9-13(15)16/h2-3,6H,4-5,7-9,14H2,1H3. The van der Waals surface area contributed by atoms with Gasteiger partial charge in [0.25, 0.3) is 0 Å². The molecule has 1 aromatic carbocycles. The van der Waals surface area contributed by atoms with E-state index in [9.17, 15) is 4.79 Å². The van der Waals surface area contributed by atoms with Crippen molar-refractivity contribution in [3.8, 4) is 5.75 Å². The van der Waals surface area contributed by atoms with Crippen LogP contribution in [0.1, 0.15) is 11.1 Å². The zero-order valence-electron chi connectivity index (χ0n) is 10.5. The van der Waals surface area contributed by atoms with E-state index in [0.29, 0.717) is 26.2 Å². The number of carbonyl (C=O) groups is 1. The molecule has 0 saturated carbocycles. The second-order valence-electron chi connectivity index (χ2n) is 4.22. The van der Waals surface area contributed by atoms with E-state index in [1.807, 2.05) is 18.2 Å². The van der Waals surface area contributed by atoms with Gasteiger partial charge in [0.1, 0.15) is 12.4 Å². The quantitative estimate of drug-likeness (QED) is 0.845. The first-order chi connectivity index (χ1) is 8.74. The lowest BCUT2D eigenvalue weighted by atomic mass is 10.1. The molecule has 0 radical (unpaired) electrons. The average Bonchev–Trinajstić information content (AvgIpc) is 2.41. The Hall–Kier alpha value is -1.59. The van der Waals surface area contributed by atoms with Crippen LogP contribution in [0.2, 0.25) is 0 Å². The van der Waals surface area contributed by atoms with Crippen molar-refractivity contribution in [3.05, 3.63) is 29.3 Å². The molecule has 5 nitrogen and oxygen atoms in total. The van der Waals surface area contributed by atoms with Crippen molar-refractivity contribution in [2.24, 2.45) is 5.73 Å². The number of rotatable bonds is 4. The van der Waals surface area contributed by atoms with Crippen LogP contribution in [0.25, 0.3) is 0 Å². The first kappa shape index (κ1) is 12.9. The second kappa shape index (κ2) is 5.84. The highest BCUT2D eigenvalue weighted by molar-refractivity contribution is 5.78. The SMILES string of the molecule is COc1ccc(CN)cc1CN1CCOCC1=O. The molecule has 98 valence electrons. The van der Waals surface area contributed by atoms with Crippen molar-refractivity contribution in [3.63, 3.8) is 0 Å². The first-order valence-corrected chi connectivity index (χ1v) is 5.96. The molecule has 1 heterocycles. The highest BCUT2D eigenvalue weighted by Crippen LogP contribution is 2.22. The largest absolute Gasteiger partial charge is 0.496 e. The van der Waals surface area contributed by atoms with Gasteiger partial charge in [0.05, 0.1) is 13.7 Å². The predicted molar refractivity (Wildman–Crippen MR) is 67.1 cm³/mol. The topological polar surface area (TPSA) is 64.8 Å². The minimum absolute atomic E-state index is 0.0152. The van der Waals surface area contributed by atoms with Crippen molar-refractivity contribution >= 4 is 5.91 Å². The molecular formula is C13H18N2O3. The number of hydrogen-bond acceptors (Lipinski definition) is 4. The van der Waals surface area contributed by atoms with Gasteiger partial charge in [-0.25, -0.2) is 0 Å². The summed E-state index contributed by atoms with van der Waals surface area (Å²) in [6.45, 7) is 2.39. The lowest BCUT2D eigenvalue weighted by molar-refractivity contribution is -0.143. The number of nitrogens with two attached hydrogens (primary N) is 1. The van der Waals surface area contributed by atoms with E-state index in [-0.39, 0.29) is 12.5 Å². The van der Waals surface area contributed by atoms with Gasteiger partial charge in [-0.15, -0.1) is 0 Å². The maximum absolute atomic E-state index is 11.7. The maximum Gasteiger partial charge on any atom is 0.248 e. The molecule has 0 aromatic heterocycles. The van der Waals surface area contributed by atoms with Gasteiger partial charge >= 0.3 is 0 Å². The minimum atomic E-state index is 0.0152. The molecule has 0 unspecified atom stereocenters. The molecule has 5 heteroatoms. The molecule has 0 bridgehead atoms. The third-order valence-electron chi connectivity index (χ3n) is 3.03. The van der Waals surface area contributed by atoms with Crippen LogP contribution in [-0.2, 0) is 22.6 Å². The first-order valence-electron chi connectivity index (χ1n) is 5.96. The molecular weight excluding hydrogens is 232 g/mol. The number of carbonyl (C=O) groups excluding carboxylic acids is 1. The smallest absolute Gasteiger partial charge is 0.248 e. The Morgan fingerprint density at radius 1 is 1.50 bits per heavy atom. The Balaban J connectivity index is 2.18. The summed E-state index contributed by atoms with van der Waals surface area (Å²) < 4.78 is 10.4. The zero-order chi connectivity index (χ0) is 13.0. The molecule has 0 spiro atoms. The van der Waals surface area contributed by atoms with Crippen LogP contribution in [0, 0.1) is 0 Å². The zero-order valence-corrected chi connectivity index (χ0v) is 10.5. The Morgan fingerprint density at radius 3 is 3.00 bits per heavy atom. The maximum atomic E-state index is 11.7.